The van der Waals surface area contributed by atoms with Crippen LogP contribution in [0.4, 0.5) is 8.78 Å². The number of nitrogens with zero attached hydrogens (tertiary/aromatic N) is 2. The normalized spacial score (nSPS) is 17.9. The second-order valence-corrected chi connectivity index (χ2v) is 5.71. The molecule has 0 spiro atoms. The number of piperazine rings is 1. The second kappa shape index (κ2) is 8.33. The van der Waals surface area contributed by atoms with E-state index in [4.69, 9.17) is 0 Å². The number of benzene rings is 1. The predicted molar refractivity (Wildman–Crippen MR) is 82.9 cm³/mol. The molecule has 1 amide bonds. The van der Waals surface area contributed by atoms with Gasteiger partial charge in [-0.15, -0.1) is 0 Å². The molecule has 1 aliphatic heterocycles. The van der Waals surface area contributed by atoms with Gasteiger partial charge in [-0.25, -0.2) is 8.78 Å². The summed E-state index contributed by atoms with van der Waals surface area (Å²) < 4.78 is 26.8. The first-order chi connectivity index (χ1) is 11.0. The van der Waals surface area contributed by atoms with E-state index in [9.17, 15) is 18.7 Å². The maximum atomic E-state index is 13.7. The molecule has 0 radical (unpaired) electrons. The Bertz CT molecular complexity index is 534. The number of rotatable bonds is 6. The van der Waals surface area contributed by atoms with E-state index in [1.165, 1.54) is 0 Å². The largest absolute Gasteiger partial charge is 0.387 e. The summed E-state index contributed by atoms with van der Waals surface area (Å²) in [5.41, 5.74) is -0.0187. The Hall–Kier alpha value is -1.57. The van der Waals surface area contributed by atoms with Gasteiger partial charge in [-0.05, 0) is 25.1 Å². The number of aliphatic hydroxyl groups excluding tert-OH is 1. The van der Waals surface area contributed by atoms with Gasteiger partial charge >= 0.3 is 0 Å². The highest BCUT2D eigenvalue weighted by molar-refractivity contribution is 5.77. The Labute approximate surface area is 134 Å². The number of hydrogen-bond acceptors (Lipinski definition) is 4. The monoisotopic (exact) mass is 327 g/mol. The van der Waals surface area contributed by atoms with Crippen LogP contribution in [0.25, 0.3) is 0 Å². The molecule has 128 valence electrons. The summed E-state index contributed by atoms with van der Waals surface area (Å²) in [5, 5.41) is 12.9. The van der Waals surface area contributed by atoms with E-state index in [2.05, 4.69) is 5.32 Å². The lowest BCUT2D eigenvalue weighted by Gasteiger charge is -2.35. The molecule has 1 atom stereocenters. The quantitative estimate of drug-likeness (QED) is 0.810. The molecule has 0 bridgehead atoms. The summed E-state index contributed by atoms with van der Waals surface area (Å²) in [7, 11) is 0. The van der Waals surface area contributed by atoms with Crippen molar-refractivity contribution in [1.82, 2.24) is 15.1 Å². The van der Waals surface area contributed by atoms with Crippen molar-refractivity contribution in [3.05, 3.63) is 35.4 Å². The molecule has 0 saturated carbocycles. The number of aliphatic hydroxyl groups is 1. The molecular weight excluding hydrogens is 304 g/mol. The van der Waals surface area contributed by atoms with Gasteiger partial charge in [0.1, 0.15) is 11.6 Å². The summed E-state index contributed by atoms with van der Waals surface area (Å²) in [5.74, 6) is -1.16. The summed E-state index contributed by atoms with van der Waals surface area (Å²) in [6.07, 6.45) is -1.07. The summed E-state index contributed by atoms with van der Waals surface area (Å²) in [4.78, 5) is 15.6. The molecule has 1 saturated heterocycles. The Morgan fingerprint density at radius 1 is 1.26 bits per heavy atom. The number of halogens is 2. The molecule has 1 aromatic carbocycles. The second-order valence-electron chi connectivity index (χ2n) is 5.71. The molecule has 5 nitrogen and oxygen atoms in total. The molecule has 1 unspecified atom stereocenters. The standard InChI is InChI=1S/C16H23F2N3O2/c1-2-19-16(23)11-21-7-5-20(6-8-21)10-15(22)13-9-12(17)3-4-14(13)18/h3-4,9,15,22H,2,5-8,10-11H2,1H3,(H,19,23). The topological polar surface area (TPSA) is 55.8 Å². The van der Waals surface area contributed by atoms with E-state index in [0.29, 0.717) is 39.3 Å². The van der Waals surface area contributed by atoms with Gasteiger partial charge < -0.3 is 10.4 Å². The zero-order chi connectivity index (χ0) is 16.8. The number of nitrogens with one attached hydrogen (secondary N) is 1. The summed E-state index contributed by atoms with van der Waals surface area (Å²) >= 11 is 0. The molecule has 0 aliphatic carbocycles. The summed E-state index contributed by atoms with van der Waals surface area (Å²) in [6, 6.07) is 3.09. The first kappa shape index (κ1) is 17.8. The molecule has 2 rings (SSSR count). The van der Waals surface area contributed by atoms with Crippen LogP contribution in [-0.2, 0) is 4.79 Å². The smallest absolute Gasteiger partial charge is 0.234 e. The maximum absolute atomic E-state index is 13.7. The van der Waals surface area contributed by atoms with Crippen molar-refractivity contribution in [3.63, 3.8) is 0 Å². The highest BCUT2D eigenvalue weighted by Crippen LogP contribution is 2.20. The van der Waals surface area contributed by atoms with Crippen LogP contribution in [0.15, 0.2) is 18.2 Å². The molecule has 1 heterocycles. The predicted octanol–water partition coefficient (Wildman–Crippen LogP) is 0.752. The molecule has 7 heteroatoms. The fraction of sp³-hybridized carbons (Fsp3) is 0.562. The molecule has 1 aromatic rings. The lowest BCUT2D eigenvalue weighted by atomic mass is 10.1. The lowest BCUT2D eigenvalue weighted by Crippen LogP contribution is -2.50. The van der Waals surface area contributed by atoms with Gasteiger partial charge in [0, 0.05) is 44.8 Å². The molecule has 2 N–H and O–H groups in total. The minimum absolute atomic E-state index is 0.00261. The van der Waals surface area contributed by atoms with Crippen LogP contribution in [-0.4, -0.2) is 66.6 Å². The Morgan fingerprint density at radius 2 is 1.91 bits per heavy atom. The van der Waals surface area contributed by atoms with Crippen molar-refractivity contribution < 1.29 is 18.7 Å². The van der Waals surface area contributed by atoms with Crippen molar-refractivity contribution in [3.8, 4) is 0 Å². The molecule has 1 fully saturated rings. The number of β-amino-alcohol motifs (C(OH)–C–C–N with tert-alkyl or cyclic N) is 1. The average molecular weight is 327 g/mol. The molecular formula is C16H23F2N3O2. The minimum Gasteiger partial charge on any atom is -0.387 e. The van der Waals surface area contributed by atoms with Gasteiger partial charge in [0.05, 0.1) is 12.6 Å². The lowest BCUT2D eigenvalue weighted by molar-refractivity contribution is -0.122. The zero-order valence-electron chi connectivity index (χ0n) is 13.3. The van der Waals surface area contributed by atoms with Gasteiger partial charge in [0.25, 0.3) is 0 Å². The maximum Gasteiger partial charge on any atom is 0.234 e. The van der Waals surface area contributed by atoms with Gasteiger partial charge in [-0.3, -0.25) is 14.6 Å². The first-order valence-electron chi connectivity index (χ1n) is 7.84. The van der Waals surface area contributed by atoms with E-state index in [1.54, 1.807) is 0 Å². The van der Waals surface area contributed by atoms with Crippen molar-refractivity contribution >= 4 is 5.91 Å². The van der Waals surface area contributed by atoms with Crippen molar-refractivity contribution in [1.29, 1.82) is 0 Å². The fourth-order valence-electron chi connectivity index (χ4n) is 2.70. The van der Waals surface area contributed by atoms with Gasteiger partial charge in [-0.2, -0.15) is 0 Å². The van der Waals surface area contributed by atoms with Gasteiger partial charge in [-0.1, -0.05) is 0 Å². The summed E-state index contributed by atoms with van der Waals surface area (Å²) in [6.45, 7) is 5.86. The van der Waals surface area contributed by atoms with Crippen molar-refractivity contribution in [2.45, 2.75) is 13.0 Å². The molecule has 0 aromatic heterocycles. The van der Waals surface area contributed by atoms with Crippen molar-refractivity contribution in [2.75, 3.05) is 45.8 Å². The van der Waals surface area contributed by atoms with Crippen molar-refractivity contribution in [2.24, 2.45) is 0 Å². The fourth-order valence-corrected chi connectivity index (χ4v) is 2.70. The minimum atomic E-state index is -1.07. The third-order valence-electron chi connectivity index (χ3n) is 3.95. The third-order valence-corrected chi connectivity index (χ3v) is 3.95. The Kier molecular flexibility index (Phi) is 6.44. The van der Waals surface area contributed by atoms with E-state index in [-0.39, 0.29) is 18.0 Å². The number of hydrogen-bond donors (Lipinski definition) is 2. The number of amides is 1. The first-order valence-corrected chi connectivity index (χ1v) is 7.84. The van der Waals surface area contributed by atoms with E-state index in [0.717, 1.165) is 18.2 Å². The van der Waals surface area contributed by atoms with Crippen LogP contribution in [0.1, 0.15) is 18.6 Å². The van der Waals surface area contributed by atoms with Crippen LogP contribution in [0.3, 0.4) is 0 Å². The number of likely N-dealkylation sites (N-methyl/N-ethyl adjacent to an activating group) is 1. The van der Waals surface area contributed by atoms with Crippen LogP contribution in [0.5, 0.6) is 0 Å². The zero-order valence-corrected chi connectivity index (χ0v) is 13.3. The van der Waals surface area contributed by atoms with Gasteiger partial charge in [0.2, 0.25) is 5.91 Å². The van der Waals surface area contributed by atoms with Crippen LogP contribution in [0, 0.1) is 11.6 Å². The molecule has 23 heavy (non-hydrogen) atoms. The Morgan fingerprint density at radius 3 is 2.57 bits per heavy atom. The molecule has 1 aliphatic rings. The number of carbonyl (C=O) groups excluding carboxylic acids is 1. The SMILES string of the molecule is CCNC(=O)CN1CCN(CC(O)c2cc(F)ccc2F)CC1. The van der Waals surface area contributed by atoms with Crippen LogP contribution < -0.4 is 5.32 Å². The van der Waals surface area contributed by atoms with Gasteiger partial charge in [0.15, 0.2) is 0 Å². The number of carbonyl (C=O) groups is 1. The van der Waals surface area contributed by atoms with E-state index in [1.807, 2.05) is 16.7 Å². The third kappa shape index (κ3) is 5.23. The highest BCUT2D eigenvalue weighted by atomic mass is 19.1. The average Bonchev–Trinajstić information content (AvgIpc) is 2.52. The van der Waals surface area contributed by atoms with Crippen LogP contribution in [0.2, 0.25) is 0 Å². The van der Waals surface area contributed by atoms with E-state index >= 15 is 0 Å². The van der Waals surface area contributed by atoms with E-state index < -0.39 is 17.7 Å². The Balaban J connectivity index is 1.82. The van der Waals surface area contributed by atoms with Crippen LogP contribution >= 0.6 is 0 Å². The highest BCUT2D eigenvalue weighted by Gasteiger charge is 2.22.